The molecule has 0 spiro atoms. The van der Waals surface area contributed by atoms with Crippen LogP contribution in [0.25, 0.3) is 40.6 Å². The highest BCUT2D eigenvalue weighted by Gasteiger charge is 2.25. The topological polar surface area (TPSA) is 93.5 Å². The Morgan fingerprint density at radius 1 is 0.490 bits per heavy atom. The number of ether oxygens (including phenoxy) is 1. The van der Waals surface area contributed by atoms with E-state index in [0.717, 1.165) is 33.6 Å². The second-order valence-corrected chi connectivity index (χ2v) is 12.2. The lowest BCUT2D eigenvalue weighted by molar-refractivity contribution is 0.332. The highest BCUT2D eigenvalue weighted by molar-refractivity contribution is 5.79. The molecule has 6 aromatic rings. The van der Waals surface area contributed by atoms with Gasteiger partial charge in [0, 0.05) is 56.3 Å². The van der Waals surface area contributed by atoms with Crippen LogP contribution in [0.3, 0.4) is 0 Å². The van der Waals surface area contributed by atoms with Crippen molar-refractivity contribution in [2.75, 3.05) is 38.0 Å². The summed E-state index contributed by atoms with van der Waals surface area (Å²) < 4.78 is 19.0. The summed E-state index contributed by atoms with van der Waals surface area (Å²) in [5, 5.41) is 17.7. The van der Waals surface area contributed by atoms with Crippen molar-refractivity contribution >= 4 is 29.1 Å². The Balaban J connectivity index is 1.34. The van der Waals surface area contributed by atoms with Crippen molar-refractivity contribution in [2.24, 2.45) is 0 Å². The number of hydrogen-bond donors (Lipinski definition) is 0. The van der Waals surface area contributed by atoms with Gasteiger partial charge in [0.1, 0.15) is 17.1 Å². The molecule has 0 fully saturated rings. The zero-order valence-electron chi connectivity index (χ0n) is 28.8. The Kier molecular flexibility index (Phi) is 9.51. The van der Waals surface area contributed by atoms with E-state index in [9.17, 15) is 0 Å². The van der Waals surface area contributed by atoms with E-state index in [0.29, 0.717) is 34.4 Å². The summed E-state index contributed by atoms with van der Waals surface area (Å²) in [6, 6.07) is 35.8. The Morgan fingerprint density at radius 2 is 0.902 bits per heavy atom. The Morgan fingerprint density at radius 3 is 1.29 bits per heavy atom. The van der Waals surface area contributed by atoms with Crippen LogP contribution in [-0.2, 0) is 4.74 Å². The average Bonchev–Trinajstić information content (AvgIpc) is 3.86. The summed E-state index contributed by atoms with van der Waals surface area (Å²) in [4.78, 5) is 4.13. The first-order valence-electron chi connectivity index (χ1n) is 16.4. The van der Waals surface area contributed by atoms with Crippen LogP contribution >= 0.6 is 0 Å². The number of anilines is 2. The molecule has 7 rings (SSSR count). The maximum absolute atomic E-state index is 6.42. The molecule has 1 aliphatic rings. The van der Waals surface area contributed by atoms with E-state index in [1.807, 2.05) is 125 Å². The number of rotatable bonds is 10. The molecule has 0 amide bonds. The third-order valence-corrected chi connectivity index (χ3v) is 8.14. The van der Waals surface area contributed by atoms with Gasteiger partial charge in [-0.3, -0.25) is 0 Å². The van der Waals surface area contributed by atoms with Gasteiger partial charge in [0.05, 0.1) is 0 Å². The monoisotopic (exact) mass is 672 g/mol. The van der Waals surface area contributed by atoms with Crippen LogP contribution in [0.1, 0.15) is 22.9 Å². The molecule has 51 heavy (non-hydrogen) atoms. The maximum Gasteiger partial charge on any atom is 0.254 e. The molecule has 0 aliphatic carbocycles. The predicted molar refractivity (Wildman–Crippen MR) is 202 cm³/mol. The van der Waals surface area contributed by atoms with E-state index in [1.165, 1.54) is 0 Å². The molecule has 9 heteroatoms. The van der Waals surface area contributed by atoms with Crippen molar-refractivity contribution in [3.05, 3.63) is 173 Å². The molecular weight excluding hydrogens is 637 g/mol. The van der Waals surface area contributed by atoms with Crippen LogP contribution in [0, 0.1) is 0 Å². The van der Waals surface area contributed by atoms with Gasteiger partial charge in [0.25, 0.3) is 11.8 Å². The van der Waals surface area contributed by atoms with Gasteiger partial charge in [-0.15, -0.1) is 20.4 Å². The van der Waals surface area contributed by atoms with E-state index in [1.54, 1.807) is 0 Å². The highest BCUT2D eigenvalue weighted by atomic mass is 16.5. The lowest BCUT2D eigenvalue weighted by atomic mass is 10.0. The van der Waals surface area contributed by atoms with Crippen LogP contribution in [0.5, 0.6) is 0 Å². The van der Waals surface area contributed by atoms with Gasteiger partial charge in [0.15, 0.2) is 0 Å². The van der Waals surface area contributed by atoms with Crippen molar-refractivity contribution < 1.29 is 13.6 Å². The van der Waals surface area contributed by atoms with Crippen molar-refractivity contribution in [3.8, 4) is 22.9 Å². The molecule has 0 unspecified atom stereocenters. The molecule has 0 radical (unpaired) electrons. The van der Waals surface area contributed by atoms with Crippen LogP contribution in [0.4, 0.5) is 11.4 Å². The molecule has 0 saturated carbocycles. The standard InChI is InChI=1S/C42H36N6O3/c1-47(2)34-21-15-29(16-22-34)19-25-36-27-33(28-37(49-36)26-20-30-17-23-35(24-18-30)48(3)4)38(41-45-43-39(50-41)31-11-7-5-8-12-31)42-46-44-40(51-42)32-13-9-6-10-14-32/h5-28H,1-4H3/b25-19+,26-20+. The van der Waals surface area contributed by atoms with E-state index < -0.39 is 0 Å². The van der Waals surface area contributed by atoms with Crippen LogP contribution < -0.4 is 9.80 Å². The SMILES string of the molecule is CN(C)c1ccc(/C=C/C2=CC(=C(c3nnc(-c4ccccc4)o3)c3nnc(-c4ccccc4)o3)C=C(/C=C/c3ccc(N(C)C)cc3)O2)cc1. The summed E-state index contributed by atoms with van der Waals surface area (Å²) in [7, 11) is 8.08. The zero-order valence-corrected chi connectivity index (χ0v) is 28.8. The zero-order chi connectivity index (χ0) is 35.2. The smallest absolute Gasteiger partial charge is 0.254 e. The second kappa shape index (κ2) is 14.8. The normalized spacial score (nSPS) is 12.9. The van der Waals surface area contributed by atoms with Gasteiger partial charge in [-0.05, 0) is 84.0 Å². The molecule has 0 bridgehead atoms. The van der Waals surface area contributed by atoms with Crippen molar-refractivity contribution in [1.29, 1.82) is 0 Å². The van der Waals surface area contributed by atoms with Gasteiger partial charge < -0.3 is 23.4 Å². The van der Waals surface area contributed by atoms with Gasteiger partial charge in [-0.1, -0.05) is 72.8 Å². The number of hydrogen-bond acceptors (Lipinski definition) is 9. The number of aromatic nitrogens is 4. The average molecular weight is 673 g/mol. The highest BCUT2D eigenvalue weighted by Crippen LogP contribution is 2.34. The summed E-state index contributed by atoms with van der Waals surface area (Å²) >= 11 is 0. The molecule has 0 atom stereocenters. The number of allylic oxidation sites excluding steroid dienone is 5. The largest absolute Gasteiger partial charge is 0.457 e. The Hall–Kier alpha value is -6.74. The Labute approximate surface area is 296 Å². The summed E-state index contributed by atoms with van der Waals surface area (Å²) in [5.74, 6) is 2.38. The van der Waals surface area contributed by atoms with Crippen LogP contribution in [0.15, 0.2) is 159 Å². The fourth-order valence-corrected chi connectivity index (χ4v) is 5.36. The van der Waals surface area contributed by atoms with Crippen LogP contribution in [0.2, 0.25) is 0 Å². The number of nitrogens with zero attached hydrogens (tertiary/aromatic N) is 6. The molecule has 3 heterocycles. The van der Waals surface area contributed by atoms with Gasteiger partial charge in [-0.2, -0.15) is 0 Å². The third-order valence-electron chi connectivity index (χ3n) is 8.14. The minimum Gasteiger partial charge on any atom is -0.457 e. The summed E-state index contributed by atoms with van der Waals surface area (Å²) in [6.07, 6.45) is 11.7. The molecule has 4 aromatic carbocycles. The fraction of sp³-hybridized carbons (Fsp3) is 0.0952. The molecule has 0 saturated heterocycles. The Bertz CT molecular complexity index is 2100. The quantitative estimate of drug-likeness (QED) is 0.141. The maximum atomic E-state index is 6.42. The van der Waals surface area contributed by atoms with Gasteiger partial charge >= 0.3 is 0 Å². The first kappa shape index (κ1) is 32.8. The third kappa shape index (κ3) is 7.79. The molecular formula is C42H36N6O3. The molecule has 0 N–H and O–H groups in total. The van der Waals surface area contributed by atoms with Crippen molar-refractivity contribution in [3.63, 3.8) is 0 Å². The fourth-order valence-electron chi connectivity index (χ4n) is 5.36. The van der Waals surface area contributed by atoms with E-state index in [-0.39, 0.29) is 11.8 Å². The molecule has 1 aliphatic heterocycles. The van der Waals surface area contributed by atoms with Crippen molar-refractivity contribution in [2.45, 2.75) is 0 Å². The minimum atomic E-state index is 0.228. The predicted octanol–water partition coefficient (Wildman–Crippen LogP) is 8.95. The van der Waals surface area contributed by atoms with E-state index in [2.05, 4.69) is 78.7 Å². The first-order chi connectivity index (χ1) is 24.9. The molecule has 2 aromatic heterocycles. The van der Waals surface area contributed by atoms with Gasteiger partial charge in [0.2, 0.25) is 11.8 Å². The summed E-state index contributed by atoms with van der Waals surface area (Å²) in [6.45, 7) is 0. The first-order valence-corrected chi connectivity index (χ1v) is 16.4. The lowest BCUT2D eigenvalue weighted by Gasteiger charge is -2.16. The van der Waals surface area contributed by atoms with Crippen molar-refractivity contribution in [1.82, 2.24) is 20.4 Å². The molecule has 252 valence electrons. The molecule has 9 nitrogen and oxygen atoms in total. The minimum absolute atomic E-state index is 0.228. The van der Waals surface area contributed by atoms with E-state index in [4.69, 9.17) is 13.6 Å². The number of benzene rings is 4. The van der Waals surface area contributed by atoms with Gasteiger partial charge in [-0.25, -0.2) is 0 Å². The second-order valence-electron chi connectivity index (χ2n) is 12.2. The van der Waals surface area contributed by atoms with Crippen LogP contribution in [-0.4, -0.2) is 48.6 Å². The summed E-state index contributed by atoms with van der Waals surface area (Å²) in [5.41, 5.74) is 7.04. The lowest BCUT2D eigenvalue weighted by Crippen LogP contribution is -2.07. The van der Waals surface area contributed by atoms with E-state index >= 15 is 0 Å².